The zero-order valence-corrected chi connectivity index (χ0v) is 22.3. The summed E-state index contributed by atoms with van der Waals surface area (Å²) in [5.74, 6) is -1.84. The zero-order valence-electron chi connectivity index (χ0n) is 21.5. The van der Waals surface area contributed by atoms with E-state index in [0.29, 0.717) is 35.1 Å². The van der Waals surface area contributed by atoms with Crippen molar-refractivity contribution in [2.45, 2.75) is 57.3 Å². The van der Waals surface area contributed by atoms with Gasteiger partial charge in [-0.05, 0) is 68.9 Å². The number of halogens is 3. The van der Waals surface area contributed by atoms with Gasteiger partial charge in [0.1, 0.15) is 5.69 Å². The summed E-state index contributed by atoms with van der Waals surface area (Å²) in [5.41, 5.74) is 4.86. The lowest BCUT2D eigenvalue weighted by Gasteiger charge is -2.24. The molecule has 1 aliphatic carbocycles. The van der Waals surface area contributed by atoms with Crippen molar-refractivity contribution >= 4 is 21.7 Å². The number of aryl methyl sites for hydroxylation is 2. The van der Waals surface area contributed by atoms with Gasteiger partial charge in [0.05, 0.1) is 22.3 Å². The Hall–Kier alpha value is -3.81. The van der Waals surface area contributed by atoms with Crippen LogP contribution in [0.15, 0.2) is 29.3 Å². The summed E-state index contributed by atoms with van der Waals surface area (Å²) in [7, 11) is -3.61. The Morgan fingerprint density at radius 1 is 1.18 bits per heavy atom. The van der Waals surface area contributed by atoms with E-state index in [9.17, 15) is 26.4 Å². The fourth-order valence-corrected chi connectivity index (χ4v) is 5.30. The van der Waals surface area contributed by atoms with Crippen LogP contribution in [0.4, 0.5) is 13.2 Å². The number of rotatable bonds is 5. The largest absolute Gasteiger partial charge is 0.490 e. The average molecular weight is 566 g/mol. The number of nitrogens with one attached hydrogen (secondary N) is 1. The van der Waals surface area contributed by atoms with Gasteiger partial charge in [-0.2, -0.15) is 18.3 Å². The fraction of sp³-hybridized carbons (Fsp3) is 0.400. The van der Waals surface area contributed by atoms with Crippen molar-refractivity contribution in [3.63, 3.8) is 0 Å². The van der Waals surface area contributed by atoms with E-state index in [1.54, 1.807) is 12.3 Å². The summed E-state index contributed by atoms with van der Waals surface area (Å²) in [4.78, 5) is 31.6. The van der Waals surface area contributed by atoms with E-state index in [1.165, 1.54) is 0 Å². The van der Waals surface area contributed by atoms with E-state index in [-0.39, 0.29) is 16.8 Å². The fourth-order valence-electron chi connectivity index (χ4n) is 4.37. The van der Waals surface area contributed by atoms with Crippen LogP contribution in [0.2, 0.25) is 0 Å². The van der Waals surface area contributed by atoms with E-state index in [1.807, 2.05) is 30.9 Å². The smallest absolute Gasteiger partial charge is 0.475 e. The number of hydrogen-bond donors (Lipinski definition) is 2. The molecule has 3 aromatic rings. The van der Waals surface area contributed by atoms with Gasteiger partial charge >= 0.3 is 12.1 Å². The molecule has 0 bridgehead atoms. The number of H-pyrrole nitrogens is 1. The zero-order chi connectivity index (χ0) is 28.9. The third-order valence-electron chi connectivity index (χ3n) is 6.80. The molecule has 1 aliphatic heterocycles. The van der Waals surface area contributed by atoms with E-state index < -0.39 is 22.0 Å². The van der Waals surface area contributed by atoms with Crippen LogP contribution in [0, 0.1) is 19.8 Å². The number of carbonyl (C=O) groups is 2. The van der Waals surface area contributed by atoms with Crippen LogP contribution in [-0.4, -0.2) is 68.9 Å². The third kappa shape index (κ3) is 5.95. The van der Waals surface area contributed by atoms with Crippen molar-refractivity contribution in [2.24, 2.45) is 5.92 Å². The minimum atomic E-state index is -5.08. The second-order valence-electron chi connectivity index (χ2n) is 9.72. The molecule has 2 N–H and O–H groups in total. The first-order chi connectivity index (χ1) is 18.1. The quantitative estimate of drug-likeness (QED) is 0.473. The van der Waals surface area contributed by atoms with Gasteiger partial charge in [0.2, 0.25) is 0 Å². The lowest BCUT2D eigenvalue weighted by Crippen LogP contribution is -2.35. The van der Waals surface area contributed by atoms with Gasteiger partial charge < -0.3 is 15.0 Å². The lowest BCUT2D eigenvalue weighted by atomic mass is 10.0. The van der Waals surface area contributed by atoms with Gasteiger partial charge in [-0.3, -0.25) is 4.79 Å². The molecule has 0 saturated heterocycles. The number of carboxylic acid groups (broad SMARTS) is 1. The molecule has 1 fully saturated rings. The number of amides is 1. The third-order valence-corrected chi connectivity index (χ3v) is 7.92. The average Bonchev–Trinajstić information content (AvgIpc) is 3.58. The Balaban J connectivity index is 0.000000448. The predicted molar refractivity (Wildman–Crippen MR) is 133 cm³/mol. The highest BCUT2D eigenvalue weighted by molar-refractivity contribution is 7.90. The van der Waals surface area contributed by atoms with Crippen molar-refractivity contribution in [1.82, 2.24) is 25.1 Å². The van der Waals surface area contributed by atoms with Crippen LogP contribution in [0.5, 0.6) is 0 Å². The first kappa shape index (κ1) is 28.2. The molecule has 1 aromatic carbocycles. The Morgan fingerprint density at radius 2 is 1.82 bits per heavy atom. The number of aromatic nitrogens is 4. The number of hydrogen-bond acceptors (Lipinski definition) is 7. The Morgan fingerprint density at radius 3 is 2.33 bits per heavy atom. The molecule has 39 heavy (non-hydrogen) atoms. The number of benzene rings is 1. The number of aliphatic carboxylic acids is 1. The minimum absolute atomic E-state index is 0.0727. The first-order valence-electron chi connectivity index (χ1n) is 11.9. The summed E-state index contributed by atoms with van der Waals surface area (Å²) in [5, 5.41) is 15.4. The summed E-state index contributed by atoms with van der Waals surface area (Å²) in [6, 6.07) is 5.42. The summed E-state index contributed by atoms with van der Waals surface area (Å²) >= 11 is 0. The number of carboxylic acids is 1. The Kier molecular flexibility index (Phi) is 7.27. The molecule has 14 heteroatoms. The Labute approximate surface area is 222 Å². The molecule has 2 aromatic heterocycles. The van der Waals surface area contributed by atoms with Gasteiger partial charge in [0.25, 0.3) is 5.91 Å². The molecule has 5 rings (SSSR count). The van der Waals surface area contributed by atoms with Crippen molar-refractivity contribution < 1.29 is 36.3 Å². The van der Waals surface area contributed by atoms with Crippen LogP contribution in [0.1, 0.15) is 47.1 Å². The van der Waals surface area contributed by atoms with Crippen LogP contribution >= 0.6 is 0 Å². The minimum Gasteiger partial charge on any atom is -0.475 e. The van der Waals surface area contributed by atoms with Crippen LogP contribution in [0.3, 0.4) is 0 Å². The number of carbonyl (C=O) groups excluding carboxylic acids is 1. The molecular weight excluding hydrogens is 539 g/mol. The highest BCUT2D eigenvalue weighted by atomic mass is 32.2. The van der Waals surface area contributed by atoms with Gasteiger partial charge in [-0.15, -0.1) is 5.10 Å². The number of alkyl halides is 3. The first-order valence-corrected chi connectivity index (χ1v) is 13.8. The molecular formula is C25H26F3N5O5S. The number of fused-ring (bicyclic) bond motifs is 1. The summed E-state index contributed by atoms with van der Waals surface area (Å²) in [6.45, 7) is 6.32. The molecule has 0 unspecified atom stereocenters. The van der Waals surface area contributed by atoms with Gasteiger partial charge in [-0.25, -0.2) is 18.2 Å². The van der Waals surface area contributed by atoms with Crippen molar-refractivity contribution in [3.05, 3.63) is 46.9 Å². The lowest BCUT2D eigenvalue weighted by molar-refractivity contribution is -0.192. The van der Waals surface area contributed by atoms with Crippen LogP contribution < -0.4 is 0 Å². The molecule has 208 valence electrons. The summed E-state index contributed by atoms with van der Waals surface area (Å²) < 4.78 is 57.1. The van der Waals surface area contributed by atoms with E-state index in [4.69, 9.17) is 9.90 Å². The molecule has 1 saturated carbocycles. The summed E-state index contributed by atoms with van der Waals surface area (Å²) in [6.07, 6.45) is -0.107. The van der Waals surface area contributed by atoms with Gasteiger partial charge in [0, 0.05) is 30.1 Å². The molecule has 1 amide bonds. The molecule has 3 heterocycles. The number of imidazole rings is 1. The number of nitrogens with zero attached hydrogens (tertiary/aromatic N) is 4. The standard InChI is InChI=1S/C23H25N5O3S.C2HF3O2/c1-12-13(2)26-22(25-12)19-8-17(10-24-27-19)16-7-18-11-28(14(3)15-5-6-15)23(29)21(18)20(9-16)32(4,30)31;3-2(4,5)1(6)7/h7-10,14-15H,5-6,11H2,1-4H3,(H,25,26);(H,6,7)/t14-;/m0./s1. The Bertz CT molecular complexity index is 1540. The normalized spacial score (nSPS) is 16.0. The second-order valence-corrected chi connectivity index (χ2v) is 11.7. The molecule has 10 nitrogen and oxygen atoms in total. The maximum Gasteiger partial charge on any atom is 0.490 e. The van der Waals surface area contributed by atoms with Crippen molar-refractivity contribution in [3.8, 4) is 22.6 Å². The van der Waals surface area contributed by atoms with Crippen molar-refractivity contribution in [1.29, 1.82) is 0 Å². The molecule has 2 aliphatic rings. The topological polar surface area (TPSA) is 146 Å². The maximum atomic E-state index is 13.2. The SMILES string of the molecule is Cc1nc(-c2cc(-c3cc4c(c(S(C)(=O)=O)c3)C(=O)N([C@@H](C)C3CC3)C4)cnn2)[nH]c1C.O=C(O)C(F)(F)F. The van der Waals surface area contributed by atoms with Crippen molar-refractivity contribution in [2.75, 3.05) is 6.26 Å². The number of aromatic amines is 1. The van der Waals surface area contributed by atoms with E-state index >= 15 is 0 Å². The highest BCUT2D eigenvalue weighted by Gasteiger charge is 2.41. The molecule has 0 spiro atoms. The van der Waals surface area contributed by atoms with Crippen LogP contribution in [-0.2, 0) is 21.2 Å². The maximum absolute atomic E-state index is 13.2. The monoisotopic (exact) mass is 565 g/mol. The second kappa shape index (κ2) is 10.1. The number of sulfone groups is 1. The van der Waals surface area contributed by atoms with E-state index in [0.717, 1.165) is 41.6 Å². The van der Waals surface area contributed by atoms with E-state index in [2.05, 4.69) is 27.1 Å². The highest BCUT2D eigenvalue weighted by Crippen LogP contribution is 2.40. The molecule has 1 atom stereocenters. The predicted octanol–water partition coefficient (Wildman–Crippen LogP) is 3.94. The van der Waals surface area contributed by atoms with Gasteiger partial charge in [0.15, 0.2) is 15.7 Å². The van der Waals surface area contributed by atoms with Gasteiger partial charge in [-0.1, -0.05) is 0 Å². The molecule has 0 radical (unpaired) electrons. The van der Waals surface area contributed by atoms with Crippen LogP contribution in [0.25, 0.3) is 22.6 Å².